The van der Waals surface area contributed by atoms with Crippen LogP contribution in [0.1, 0.15) is 47.0 Å². The first kappa shape index (κ1) is 14.3. The third kappa shape index (κ3) is 2.10. The molecule has 2 aliphatic carbocycles. The second-order valence-corrected chi connectivity index (χ2v) is 7.14. The highest BCUT2D eigenvalue weighted by molar-refractivity contribution is 5.12. The summed E-state index contributed by atoms with van der Waals surface area (Å²) >= 11 is 0. The molecule has 3 heteroatoms. The van der Waals surface area contributed by atoms with Gasteiger partial charge in [0.1, 0.15) is 0 Å². The standard InChI is InChI=1S/C15H29NO2/c1-10(12(17-5)18-6)16-13-14(2,3)11-7-8-15(13,4)9-11/h10-13,16H,7-9H2,1-6H3/t10?,11-,13?,15+/m0/s1. The number of hydrogen-bond acceptors (Lipinski definition) is 3. The average Bonchev–Trinajstić information content (AvgIpc) is 2.77. The molecule has 18 heavy (non-hydrogen) atoms. The largest absolute Gasteiger partial charge is 0.354 e. The van der Waals surface area contributed by atoms with Gasteiger partial charge in [0.2, 0.25) is 0 Å². The molecule has 1 N–H and O–H groups in total. The molecular formula is C15H29NO2. The van der Waals surface area contributed by atoms with E-state index in [-0.39, 0.29) is 12.3 Å². The predicted molar refractivity (Wildman–Crippen MR) is 73.4 cm³/mol. The minimum atomic E-state index is -0.163. The number of hydrogen-bond donors (Lipinski definition) is 1. The fourth-order valence-electron chi connectivity index (χ4n) is 4.56. The summed E-state index contributed by atoms with van der Waals surface area (Å²) in [4.78, 5) is 0. The van der Waals surface area contributed by atoms with Crippen LogP contribution in [0, 0.1) is 16.7 Å². The quantitative estimate of drug-likeness (QED) is 0.766. The highest BCUT2D eigenvalue weighted by Crippen LogP contribution is 2.62. The lowest BCUT2D eigenvalue weighted by molar-refractivity contribution is -0.125. The van der Waals surface area contributed by atoms with Gasteiger partial charge < -0.3 is 14.8 Å². The molecule has 2 bridgehead atoms. The molecule has 0 amide bonds. The molecule has 0 aromatic heterocycles. The SMILES string of the molecule is COC(OC)C(C)NC1C(C)(C)[C@H]2CC[C@]1(C)C2. The number of ether oxygens (including phenoxy) is 2. The maximum atomic E-state index is 5.37. The average molecular weight is 255 g/mol. The van der Waals surface area contributed by atoms with E-state index in [2.05, 4.69) is 33.0 Å². The van der Waals surface area contributed by atoms with Crippen molar-refractivity contribution in [3.63, 3.8) is 0 Å². The molecule has 106 valence electrons. The van der Waals surface area contributed by atoms with Gasteiger partial charge in [0.15, 0.2) is 6.29 Å². The highest BCUT2D eigenvalue weighted by Gasteiger charge is 2.59. The van der Waals surface area contributed by atoms with Gasteiger partial charge in [-0.3, -0.25) is 0 Å². The Morgan fingerprint density at radius 1 is 1.17 bits per heavy atom. The van der Waals surface area contributed by atoms with E-state index in [0.717, 1.165) is 5.92 Å². The van der Waals surface area contributed by atoms with E-state index in [4.69, 9.17) is 9.47 Å². The summed E-state index contributed by atoms with van der Waals surface area (Å²) in [5.74, 6) is 0.871. The van der Waals surface area contributed by atoms with Crippen LogP contribution in [0.5, 0.6) is 0 Å². The monoisotopic (exact) mass is 255 g/mol. The van der Waals surface area contributed by atoms with Gasteiger partial charge in [0.05, 0.1) is 6.04 Å². The Bertz CT molecular complexity index is 296. The van der Waals surface area contributed by atoms with Crippen LogP contribution in [0.3, 0.4) is 0 Å². The van der Waals surface area contributed by atoms with E-state index in [9.17, 15) is 0 Å². The van der Waals surface area contributed by atoms with E-state index in [1.807, 2.05) is 0 Å². The molecule has 3 nitrogen and oxygen atoms in total. The zero-order chi connectivity index (χ0) is 13.6. The first-order valence-corrected chi connectivity index (χ1v) is 7.17. The first-order chi connectivity index (χ1) is 8.35. The molecule has 0 aromatic rings. The van der Waals surface area contributed by atoms with E-state index >= 15 is 0 Å². The van der Waals surface area contributed by atoms with Gasteiger partial charge in [0.25, 0.3) is 0 Å². The predicted octanol–water partition coefficient (Wildman–Crippen LogP) is 2.80. The molecule has 2 saturated carbocycles. The maximum absolute atomic E-state index is 5.37. The molecule has 0 heterocycles. The fourth-order valence-corrected chi connectivity index (χ4v) is 4.56. The summed E-state index contributed by atoms with van der Waals surface area (Å²) in [5.41, 5.74) is 0.835. The zero-order valence-electron chi connectivity index (χ0n) is 12.7. The maximum Gasteiger partial charge on any atom is 0.171 e. The first-order valence-electron chi connectivity index (χ1n) is 7.17. The smallest absolute Gasteiger partial charge is 0.171 e. The Morgan fingerprint density at radius 3 is 2.22 bits per heavy atom. The van der Waals surface area contributed by atoms with Gasteiger partial charge in [-0.1, -0.05) is 20.8 Å². The van der Waals surface area contributed by atoms with E-state index in [1.54, 1.807) is 14.2 Å². The molecule has 2 aliphatic rings. The van der Waals surface area contributed by atoms with Crippen LogP contribution in [-0.2, 0) is 9.47 Å². The third-order valence-electron chi connectivity index (χ3n) is 5.57. The second-order valence-electron chi connectivity index (χ2n) is 7.14. The summed E-state index contributed by atoms with van der Waals surface area (Å²) in [6.45, 7) is 9.44. The van der Waals surface area contributed by atoms with Gasteiger partial charge in [-0.2, -0.15) is 0 Å². The molecule has 2 fully saturated rings. The fraction of sp³-hybridized carbons (Fsp3) is 1.00. The summed E-state index contributed by atoms with van der Waals surface area (Å²) < 4.78 is 10.7. The number of fused-ring (bicyclic) bond motifs is 2. The van der Waals surface area contributed by atoms with Crippen LogP contribution in [-0.4, -0.2) is 32.6 Å². The summed E-state index contributed by atoms with van der Waals surface area (Å²) in [6.07, 6.45) is 3.96. The van der Waals surface area contributed by atoms with Gasteiger partial charge >= 0.3 is 0 Å². The number of nitrogens with one attached hydrogen (secondary N) is 1. The molecule has 2 unspecified atom stereocenters. The van der Waals surface area contributed by atoms with Crippen LogP contribution < -0.4 is 5.32 Å². The van der Waals surface area contributed by atoms with Gasteiger partial charge in [0, 0.05) is 20.3 Å². The molecular weight excluding hydrogens is 226 g/mol. The lowest BCUT2D eigenvalue weighted by Gasteiger charge is -2.45. The van der Waals surface area contributed by atoms with Gasteiger partial charge in [-0.15, -0.1) is 0 Å². The van der Waals surface area contributed by atoms with Crippen molar-refractivity contribution < 1.29 is 9.47 Å². The van der Waals surface area contributed by atoms with Crippen molar-refractivity contribution in [3.05, 3.63) is 0 Å². The van der Waals surface area contributed by atoms with Crippen LogP contribution in [0.2, 0.25) is 0 Å². The molecule has 0 saturated heterocycles. The molecule has 2 rings (SSSR count). The van der Waals surface area contributed by atoms with Crippen molar-refractivity contribution in [3.8, 4) is 0 Å². The van der Waals surface area contributed by atoms with Gasteiger partial charge in [-0.05, 0) is 42.9 Å². The van der Waals surface area contributed by atoms with Crippen molar-refractivity contribution in [1.29, 1.82) is 0 Å². The number of methoxy groups -OCH3 is 2. The van der Waals surface area contributed by atoms with Crippen molar-refractivity contribution >= 4 is 0 Å². The van der Waals surface area contributed by atoms with E-state index < -0.39 is 0 Å². The Hall–Kier alpha value is -0.120. The second kappa shape index (κ2) is 4.77. The number of rotatable bonds is 5. The molecule has 0 aliphatic heterocycles. The summed E-state index contributed by atoms with van der Waals surface area (Å²) in [7, 11) is 3.42. The minimum Gasteiger partial charge on any atom is -0.354 e. The Kier molecular flexibility index (Phi) is 3.79. The highest BCUT2D eigenvalue weighted by atomic mass is 16.7. The minimum absolute atomic E-state index is 0.163. The van der Waals surface area contributed by atoms with Crippen molar-refractivity contribution in [2.24, 2.45) is 16.7 Å². The van der Waals surface area contributed by atoms with Crippen LogP contribution >= 0.6 is 0 Å². The normalized spacial score (nSPS) is 39.5. The zero-order valence-corrected chi connectivity index (χ0v) is 12.7. The third-order valence-corrected chi connectivity index (χ3v) is 5.57. The summed E-state index contributed by atoms with van der Waals surface area (Å²) in [5, 5.41) is 3.79. The summed E-state index contributed by atoms with van der Waals surface area (Å²) in [6, 6.07) is 0.784. The van der Waals surface area contributed by atoms with E-state index in [1.165, 1.54) is 19.3 Å². The Morgan fingerprint density at radius 2 is 1.78 bits per heavy atom. The molecule has 0 spiro atoms. The van der Waals surface area contributed by atoms with Crippen LogP contribution in [0.4, 0.5) is 0 Å². The van der Waals surface area contributed by atoms with Crippen molar-refractivity contribution in [1.82, 2.24) is 5.32 Å². The molecule has 4 atom stereocenters. The lowest BCUT2D eigenvalue weighted by atomic mass is 9.68. The van der Waals surface area contributed by atoms with Crippen molar-refractivity contribution in [2.75, 3.05) is 14.2 Å². The lowest BCUT2D eigenvalue weighted by Crippen LogP contribution is -2.56. The van der Waals surface area contributed by atoms with Gasteiger partial charge in [-0.25, -0.2) is 0 Å². The van der Waals surface area contributed by atoms with E-state index in [0.29, 0.717) is 16.9 Å². The van der Waals surface area contributed by atoms with Crippen LogP contribution in [0.25, 0.3) is 0 Å². The Balaban J connectivity index is 2.09. The molecule has 0 aromatic carbocycles. The van der Waals surface area contributed by atoms with Crippen molar-refractivity contribution in [2.45, 2.75) is 65.3 Å². The molecule has 0 radical (unpaired) electrons. The topological polar surface area (TPSA) is 30.5 Å². The Labute approximate surface area is 112 Å². The van der Waals surface area contributed by atoms with Crippen LogP contribution in [0.15, 0.2) is 0 Å².